The van der Waals surface area contributed by atoms with Gasteiger partial charge in [-0.1, -0.05) is 5.16 Å². The van der Waals surface area contributed by atoms with Crippen molar-refractivity contribution in [3.63, 3.8) is 0 Å². The van der Waals surface area contributed by atoms with Crippen LogP contribution in [0.4, 0.5) is 5.82 Å². The maximum atomic E-state index is 9.20. The molecule has 138 valence electrons. The summed E-state index contributed by atoms with van der Waals surface area (Å²) in [6.07, 6.45) is 0.724. The Bertz CT molecular complexity index is 782. The van der Waals surface area contributed by atoms with Crippen LogP contribution in [0, 0.1) is 39.0 Å². The predicted octanol–water partition coefficient (Wildman–Crippen LogP) is 2.96. The highest BCUT2D eigenvalue weighted by atomic mass is 16.5. The normalized spacial score (nSPS) is 20.0. The number of nitrogens with zero attached hydrogens (tertiary/aromatic N) is 3. The number of nitrogens with one attached hydrogen (secondary N) is 1. The molecule has 0 unspecified atom stereocenters. The highest BCUT2D eigenvalue weighted by Crippen LogP contribution is 2.22. The molecule has 0 radical (unpaired) electrons. The van der Waals surface area contributed by atoms with Crippen molar-refractivity contribution < 1.29 is 14.0 Å². The van der Waals surface area contributed by atoms with Crippen molar-refractivity contribution in [2.45, 2.75) is 52.9 Å². The van der Waals surface area contributed by atoms with Gasteiger partial charge in [0.25, 0.3) is 0 Å². The molecular formula is C19H24N4O3. The van der Waals surface area contributed by atoms with Gasteiger partial charge in [0.05, 0.1) is 36.2 Å². The highest BCUT2D eigenvalue weighted by molar-refractivity contribution is 5.49. The molecule has 26 heavy (non-hydrogen) atoms. The maximum Gasteiger partial charge on any atom is 0.139 e. The second kappa shape index (κ2) is 7.85. The number of ether oxygens (including phenoxy) is 2. The number of anilines is 1. The zero-order valence-corrected chi connectivity index (χ0v) is 15.6. The smallest absolute Gasteiger partial charge is 0.139 e. The first kappa shape index (κ1) is 18.4. The van der Waals surface area contributed by atoms with Gasteiger partial charge in [0.15, 0.2) is 0 Å². The molecule has 3 rings (SSSR count). The molecule has 1 aliphatic heterocycles. The van der Waals surface area contributed by atoms with Crippen molar-refractivity contribution in [3.05, 3.63) is 39.9 Å². The largest absolute Gasteiger partial charge is 0.379 e. The van der Waals surface area contributed by atoms with Crippen LogP contribution in [-0.4, -0.2) is 35.5 Å². The van der Waals surface area contributed by atoms with E-state index in [1.165, 1.54) is 0 Å². The topological polar surface area (TPSA) is 93.2 Å². The molecule has 1 saturated heterocycles. The van der Waals surface area contributed by atoms with Gasteiger partial charge in [0.2, 0.25) is 0 Å². The fraction of sp³-hybridized carbons (Fsp3) is 0.526. The minimum Gasteiger partial charge on any atom is -0.379 e. The Morgan fingerprint density at radius 1 is 1.31 bits per heavy atom. The molecule has 0 bridgehead atoms. The summed E-state index contributed by atoms with van der Waals surface area (Å²) in [6.45, 7) is 9.21. The number of aryl methyl sites for hydroxylation is 4. The third-order valence-corrected chi connectivity index (χ3v) is 4.77. The van der Waals surface area contributed by atoms with E-state index < -0.39 is 0 Å². The van der Waals surface area contributed by atoms with Gasteiger partial charge in [-0.05, 0) is 45.7 Å². The van der Waals surface area contributed by atoms with E-state index in [0.29, 0.717) is 25.4 Å². The average molecular weight is 356 g/mol. The molecule has 0 spiro atoms. The van der Waals surface area contributed by atoms with Crippen LogP contribution < -0.4 is 5.32 Å². The van der Waals surface area contributed by atoms with Gasteiger partial charge >= 0.3 is 0 Å². The lowest BCUT2D eigenvalue weighted by Crippen LogP contribution is -2.43. The van der Waals surface area contributed by atoms with E-state index in [1.807, 2.05) is 33.8 Å². The van der Waals surface area contributed by atoms with E-state index in [1.54, 1.807) is 0 Å². The average Bonchev–Trinajstić information content (AvgIpc) is 2.92. The van der Waals surface area contributed by atoms with Crippen LogP contribution in [0.25, 0.3) is 0 Å². The van der Waals surface area contributed by atoms with Gasteiger partial charge in [-0.2, -0.15) is 5.26 Å². The van der Waals surface area contributed by atoms with E-state index in [9.17, 15) is 5.26 Å². The first-order valence-corrected chi connectivity index (χ1v) is 8.75. The summed E-state index contributed by atoms with van der Waals surface area (Å²) >= 11 is 0. The summed E-state index contributed by atoms with van der Waals surface area (Å²) in [6, 6.07) is 4.20. The lowest BCUT2D eigenvalue weighted by Gasteiger charge is -2.32. The summed E-state index contributed by atoms with van der Waals surface area (Å²) in [4.78, 5) is 4.52. The SMILES string of the molecule is Cc1cc(N[C@@H]2CCOC[C@H]2OCc2c(C)noc2C)nc(C)c1C#N. The van der Waals surface area contributed by atoms with E-state index in [0.717, 1.165) is 40.5 Å². The number of hydrogen-bond acceptors (Lipinski definition) is 7. The van der Waals surface area contributed by atoms with E-state index in [2.05, 4.69) is 21.5 Å². The van der Waals surface area contributed by atoms with E-state index >= 15 is 0 Å². The van der Waals surface area contributed by atoms with Crippen LogP contribution in [0.5, 0.6) is 0 Å². The van der Waals surface area contributed by atoms with Gasteiger partial charge in [-0.15, -0.1) is 0 Å². The number of rotatable bonds is 5. The standard InChI is InChI=1S/C19H24N4O3/c1-11-7-19(21-12(2)15(11)8-20)22-17-5-6-24-10-18(17)25-9-16-13(3)23-26-14(16)4/h7,17-18H,5-6,9-10H2,1-4H3,(H,21,22)/t17-,18-/m1/s1. The lowest BCUT2D eigenvalue weighted by atomic mass is 10.0. The second-order valence-electron chi connectivity index (χ2n) is 6.66. The zero-order valence-electron chi connectivity index (χ0n) is 15.6. The number of aromatic nitrogens is 2. The first-order valence-electron chi connectivity index (χ1n) is 8.75. The number of pyridine rings is 1. The summed E-state index contributed by atoms with van der Waals surface area (Å²) in [5.74, 6) is 1.54. The molecule has 2 aromatic rings. The fourth-order valence-electron chi connectivity index (χ4n) is 3.20. The molecule has 0 saturated carbocycles. The number of nitriles is 1. The monoisotopic (exact) mass is 356 g/mol. The van der Waals surface area contributed by atoms with Gasteiger partial charge in [0, 0.05) is 12.2 Å². The van der Waals surface area contributed by atoms with Crippen LogP contribution in [0.1, 0.15) is 40.3 Å². The van der Waals surface area contributed by atoms with Crippen LogP contribution in [0.15, 0.2) is 10.6 Å². The minimum atomic E-state index is -0.101. The van der Waals surface area contributed by atoms with Crippen molar-refractivity contribution in [3.8, 4) is 6.07 Å². The first-order chi connectivity index (χ1) is 12.5. The molecule has 2 atom stereocenters. The third-order valence-electron chi connectivity index (χ3n) is 4.77. The van der Waals surface area contributed by atoms with Crippen molar-refractivity contribution in [1.29, 1.82) is 5.26 Å². The Hall–Kier alpha value is -2.43. The van der Waals surface area contributed by atoms with Crippen molar-refractivity contribution in [2.24, 2.45) is 0 Å². The molecule has 1 aliphatic rings. The van der Waals surface area contributed by atoms with Crippen molar-refractivity contribution >= 4 is 5.82 Å². The Morgan fingerprint density at radius 3 is 2.77 bits per heavy atom. The Labute approximate surface area is 153 Å². The van der Waals surface area contributed by atoms with Crippen LogP contribution >= 0.6 is 0 Å². The molecule has 0 aromatic carbocycles. The molecule has 0 aliphatic carbocycles. The molecule has 1 N–H and O–H groups in total. The third kappa shape index (κ3) is 3.87. The Balaban J connectivity index is 1.70. The highest BCUT2D eigenvalue weighted by Gasteiger charge is 2.28. The van der Waals surface area contributed by atoms with E-state index in [-0.39, 0.29) is 12.1 Å². The number of hydrogen-bond donors (Lipinski definition) is 1. The van der Waals surface area contributed by atoms with Crippen LogP contribution in [0.2, 0.25) is 0 Å². The maximum absolute atomic E-state index is 9.20. The summed E-state index contributed by atoms with van der Waals surface area (Å²) in [7, 11) is 0. The molecule has 1 fully saturated rings. The molecular weight excluding hydrogens is 332 g/mol. The molecule has 7 heteroatoms. The lowest BCUT2D eigenvalue weighted by molar-refractivity contribution is -0.0641. The zero-order chi connectivity index (χ0) is 18.7. The summed E-state index contributed by atoms with van der Waals surface area (Å²) in [5, 5.41) is 16.6. The predicted molar refractivity (Wildman–Crippen MR) is 95.8 cm³/mol. The fourth-order valence-corrected chi connectivity index (χ4v) is 3.20. The van der Waals surface area contributed by atoms with Crippen LogP contribution in [0.3, 0.4) is 0 Å². The van der Waals surface area contributed by atoms with Gasteiger partial charge in [-0.3, -0.25) is 0 Å². The summed E-state index contributed by atoms with van der Waals surface area (Å²) < 4.78 is 16.9. The molecule has 3 heterocycles. The second-order valence-corrected chi connectivity index (χ2v) is 6.66. The summed E-state index contributed by atoms with van der Waals surface area (Å²) in [5.41, 5.74) is 4.12. The van der Waals surface area contributed by atoms with Gasteiger partial charge in [0.1, 0.15) is 23.8 Å². The van der Waals surface area contributed by atoms with Gasteiger partial charge < -0.3 is 19.3 Å². The molecule has 0 amide bonds. The Kier molecular flexibility index (Phi) is 5.55. The van der Waals surface area contributed by atoms with E-state index in [4.69, 9.17) is 14.0 Å². The molecule has 2 aromatic heterocycles. The van der Waals surface area contributed by atoms with Crippen molar-refractivity contribution in [1.82, 2.24) is 10.1 Å². The van der Waals surface area contributed by atoms with Crippen molar-refractivity contribution in [2.75, 3.05) is 18.5 Å². The minimum absolute atomic E-state index is 0.0865. The Morgan fingerprint density at radius 2 is 2.12 bits per heavy atom. The van der Waals surface area contributed by atoms with Gasteiger partial charge in [-0.25, -0.2) is 4.98 Å². The van der Waals surface area contributed by atoms with Crippen LogP contribution in [-0.2, 0) is 16.1 Å². The molecule has 7 nitrogen and oxygen atoms in total. The quantitative estimate of drug-likeness (QED) is 0.880.